The van der Waals surface area contributed by atoms with E-state index in [4.69, 9.17) is 13.7 Å². The molecule has 6 nitrogen and oxygen atoms in total. The molecular weight excluding hydrogens is 284 g/mol. The fraction of sp³-hybridized carbons (Fsp3) is 0.250. The maximum atomic E-state index is 9.90. The van der Waals surface area contributed by atoms with Crippen LogP contribution in [0.3, 0.4) is 0 Å². The Morgan fingerprint density at radius 1 is 1.18 bits per heavy atom. The maximum Gasteiger partial charge on any atom is 0.261 e. The molecule has 0 aliphatic heterocycles. The minimum Gasteiger partial charge on any atom is -0.485 e. The number of furan rings is 1. The molecule has 0 atom stereocenters. The van der Waals surface area contributed by atoms with Crippen LogP contribution in [0.2, 0.25) is 0 Å². The molecule has 0 aliphatic rings. The second-order valence-electron chi connectivity index (χ2n) is 5.40. The van der Waals surface area contributed by atoms with Gasteiger partial charge in [-0.05, 0) is 37.6 Å². The van der Waals surface area contributed by atoms with E-state index in [0.717, 1.165) is 11.1 Å². The highest BCUT2D eigenvalue weighted by molar-refractivity contribution is 5.49. The van der Waals surface area contributed by atoms with E-state index in [2.05, 4.69) is 10.1 Å². The highest BCUT2D eigenvalue weighted by Gasteiger charge is 2.15. The molecule has 114 valence electrons. The number of aromatic nitrogens is 2. The van der Waals surface area contributed by atoms with Gasteiger partial charge in [-0.25, -0.2) is 0 Å². The van der Waals surface area contributed by atoms with Gasteiger partial charge in [-0.3, -0.25) is 0 Å². The van der Waals surface area contributed by atoms with Gasteiger partial charge in [0.1, 0.15) is 12.0 Å². The SMILES string of the molecule is CC(C)(O)c1ccc(OCc2noc(-c3ccoc3)n2)cc1. The van der Waals surface area contributed by atoms with E-state index >= 15 is 0 Å². The Hall–Kier alpha value is -2.60. The van der Waals surface area contributed by atoms with Gasteiger partial charge in [0.25, 0.3) is 5.89 Å². The predicted octanol–water partition coefficient (Wildman–Crippen LogP) is 3.14. The summed E-state index contributed by atoms with van der Waals surface area (Å²) in [7, 11) is 0. The lowest BCUT2D eigenvalue weighted by molar-refractivity contribution is 0.0785. The predicted molar refractivity (Wildman–Crippen MR) is 78.0 cm³/mol. The lowest BCUT2D eigenvalue weighted by atomic mass is 9.99. The summed E-state index contributed by atoms with van der Waals surface area (Å²) in [5, 5.41) is 13.8. The summed E-state index contributed by atoms with van der Waals surface area (Å²) in [4.78, 5) is 4.22. The van der Waals surface area contributed by atoms with Crippen molar-refractivity contribution in [2.75, 3.05) is 0 Å². The Labute approximate surface area is 127 Å². The van der Waals surface area contributed by atoms with Crippen molar-refractivity contribution >= 4 is 0 Å². The standard InChI is InChI=1S/C16H16N2O4/c1-16(2,19)12-3-5-13(6-4-12)21-10-14-17-15(22-18-14)11-7-8-20-9-11/h3-9,19H,10H2,1-2H3. The first-order valence-electron chi connectivity index (χ1n) is 6.83. The molecule has 1 aromatic carbocycles. The van der Waals surface area contributed by atoms with E-state index < -0.39 is 5.60 Å². The monoisotopic (exact) mass is 300 g/mol. The van der Waals surface area contributed by atoms with E-state index in [1.807, 2.05) is 12.1 Å². The second kappa shape index (κ2) is 5.65. The van der Waals surface area contributed by atoms with Crippen LogP contribution in [-0.4, -0.2) is 15.2 Å². The van der Waals surface area contributed by atoms with Gasteiger partial charge >= 0.3 is 0 Å². The zero-order chi connectivity index (χ0) is 15.6. The van der Waals surface area contributed by atoms with Crippen LogP contribution >= 0.6 is 0 Å². The molecular formula is C16H16N2O4. The first kappa shape index (κ1) is 14.3. The molecule has 0 unspecified atom stereocenters. The second-order valence-corrected chi connectivity index (χ2v) is 5.40. The molecule has 0 amide bonds. The van der Waals surface area contributed by atoms with Gasteiger partial charge in [0.15, 0.2) is 6.61 Å². The Bertz CT molecular complexity index is 724. The van der Waals surface area contributed by atoms with Crippen LogP contribution in [0.15, 0.2) is 51.8 Å². The highest BCUT2D eigenvalue weighted by atomic mass is 16.5. The largest absolute Gasteiger partial charge is 0.485 e. The van der Waals surface area contributed by atoms with Gasteiger partial charge < -0.3 is 18.8 Å². The number of aliphatic hydroxyl groups is 1. The van der Waals surface area contributed by atoms with Crippen LogP contribution in [-0.2, 0) is 12.2 Å². The van der Waals surface area contributed by atoms with Crippen molar-refractivity contribution in [3.8, 4) is 17.2 Å². The van der Waals surface area contributed by atoms with E-state index in [1.165, 1.54) is 6.26 Å². The van der Waals surface area contributed by atoms with Crippen LogP contribution in [0.5, 0.6) is 5.75 Å². The average Bonchev–Trinajstić information content (AvgIpc) is 3.15. The van der Waals surface area contributed by atoms with Crippen LogP contribution in [0.1, 0.15) is 25.2 Å². The molecule has 2 aromatic heterocycles. The van der Waals surface area contributed by atoms with Crippen molar-refractivity contribution in [1.29, 1.82) is 0 Å². The topological polar surface area (TPSA) is 81.5 Å². The van der Waals surface area contributed by atoms with Crippen molar-refractivity contribution in [2.45, 2.75) is 26.1 Å². The van der Waals surface area contributed by atoms with Gasteiger partial charge in [0, 0.05) is 0 Å². The molecule has 6 heteroatoms. The zero-order valence-electron chi connectivity index (χ0n) is 12.3. The van der Waals surface area contributed by atoms with E-state index in [-0.39, 0.29) is 6.61 Å². The minimum absolute atomic E-state index is 0.198. The smallest absolute Gasteiger partial charge is 0.261 e. The number of rotatable bonds is 5. The fourth-order valence-electron chi connectivity index (χ4n) is 1.92. The van der Waals surface area contributed by atoms with Crippen LogP contribution in [0.4, 0.5) is 0 Å². The number of ether oxygens (including phenoxy) is 1. The van der Waals surface area contributed by atoms with Crippen molar-refractivity contribution < 1.29 is 18.8 Å². The van der Waals surface area contributed by atoms with E-state index in [9.17, 15) is 5.11 Å². The lowest BCUT2D eigenvalue weighted by Gasteiger charge is -2.17. The molecule has 0 spiro atoms. The van der Waals surface area contributed by atoms with Crippen molar-refractivity contribution in [3.05, 3.63) is 54.2 Å². The Morgan fingerprint density at radius 2 is 1.95 bits per heavy atom. The summed E-state index contributed by atoms with van der Waals surface area (Å²) in [5.41, 5.74) is 0.682. The first-order valence-corrected chi connectivity index (χ1v) is 6.83. The summed E-state index contributed by atoms with van der Waals surface area (Å²) < 4.78 is 15.7. The minimum atomic E-state index is -0.869. The third-order valence-corrected chi connectivity index (χ3v) is 3.16. The normalized spacial score (nSPS) is 11.6. The first-order chi connectivity index (χ1) is 10.5. The summed E-state index contributed by atoms with van der Waals surface area (Å²) >= 11 is 0. The molecule has 0 fully saturated rings. The Morgan fingerprint density at radius 3 is 2.59 bits per heavy atom. The van der Waals surface area contributed by atoms with Gasteiger partial charge in [-0.2, -0.15) is 4.98 Å². The molecule has 1 N–H and O–H groups in total. The Kier molecular flexibility index (Phi) is 3.68. The van der Waals surface area contributed by atoms with E-state index in [1.54, 1.807) is 38.3 Å². The summed E-state index contributed by atoms with van der Waals surface area (Å²) in [6, 6.07) is 8.98. The lowest BCUT2D eigenvalue weighted by Crippen LogP contribution is -2.14. The van der Waals surface area contributed by atoms with Gasteiger partial charge in [0.05, 0.1) is 17.4 Å². The van der Waals surface area contributed by atoms with Crippen LogP contribution < -0.4 is 4.74 Å². The van der Waals surface area contributed by atoms with E-state index in [0.29, 0.717) is 17.5 Å². The molecule has 3 rings (SSSR count). The molecule has 0 saturated heterocycles. The fourth-order valence-corrected chi connectivity index (χ4v) is 1.92. The van der Waals surface area contributed by atoms with Crippen molar-refractivity contribution in [2.24, 2.45) is 0 Å². The molecule has 2 heterocycles. The number of nitrogens with zero attached hydrogens (tertiary/aromatic N) is 2. The molecule has 0 saturated carbocycles. The number of hydrogen-bond donors (Lipinski definition) is 1. The summed E-state index contributed by atoms with van der Waals surface area (Å²) in [5.74, 6) is 1.51. The molecule has 0 radical (unpaired) electrons. The average molecular weight is 300 g/mol. The quantitative estimate of drug-likeness (QED) is 0.779. The molecule has 0 aliphatic carbocycles. The van der Waals surface area contributed by atoms with Gasteiger partial charge in [-0.1, -0.05) is 17.3 Å². The zero-order valence-corrected chi connectivity index (χ0v) is 12.3. The molecule has 22 heavy (non-hydrogen) atoms. The van der Waals surface area contributed by atoms with Crippen molar-refractivity contribution in [3.63, 3.8) is 0 Å². The molecule has 3 aromatic rings. The van der Waals surface area contributed by atoms with Crippen LogP contribution in [0, 0.1) is 0 Å². The molecule has 0 bridgehead atoms. The third kappa shape index (κ3) is 3.17. The van der Waals surface area contributed by atoms with Gasteiger partial charge in [0.2, 0.25) is 5.82 Å². The van der Waals surface area contributed by atoms with Crippen LogP contribution in [0.25, 0.3) is 11.5 Å². The third-order valence-electron chi connectivity index (χ3n) is 3.16. The Balaban J connectivity index is 1.63. The highest BCUT2D eigenvalue weighted by Crippen LogP contribution is 2.23. The van der Waals surface area contributed by atoms with Gasteiger partial charge in [-0.15, -0.1) is 0 Å². The van der Waals surface area contributed by atoms with Crippen molar-refractivity contribution in [1.82, 2.24) is 10.1 Å². The number of benzene rings is 1. The number of hydrogen-bond acceptors (Lipinski definition) is 6. The maximum absolute atomic E-state index is 9.90. The summed E-state index contributed by atoms with van der Waals surface area (Å²) in [6.45, 7) is 3.67. The summed E-state index contributed by atoms with van der Waals surface area (Å²) in [6.07, 6.45) is 3.08.